The summed E-state index contributed by atoms with van der Waals surface area (Å²) >= 11 is 0. The first kappa shape index (κ1) is 20.5. The molecule has 160 valence electrons. The predicted octanol–water partition coefficient (Wildman–Crippen LogP) is 3.48. The average molecular weight is 426 g/mol. The van der Waals surface area contributed by atoms with Crippen LogP contribution in [0.3, 0.4) is 0 Å². The van der Waals surface area contributed by atoms with Crippen LogP contribution >= 0.6 is 0 Å². The summed E-state index contributed by atoms with van der Waals surface area (Å²) in [6.07, 6.45) is 2.95. The van der Waals surface area contributed by atoms with Crippen molar-refractivity contribution in [1.29, 1.82) is 0 Å². The van der Waals surface area contributed by atoms with E-state index in [-0.39, 0.29) is 17.2 Å². The van der Waals surface area contributed by atoms with Gasteiger partial charge in [0.1, 0.15) is 23.0 Å². The number of piperazine rings is 1. The Morgan fingerprint density at radius 3 is 2.48 bits per heavy atom. The number of anilines is 2. The van der Waals surface area contributed by atoms with Crippen molar-refractivity contribution in [3.63, 3.8) is 0 Å². The van der Waals surface area contributed by atoms with Gasteiger partial charge in [0.05, 0.1) is 18.1 Å². The number of halogens is 2. The summed E-state index contributed by atoms with van der Waals surface area (Å²) in [5, 5.41) is 2.69. The highest BCUT2D eigenvalue weighted by molar-refractivity contribution is 6.02. The Morgan fingerprint density at radius 2 is 1.84 bits per heavy atom. The first-order valence-corrected chi connectivity index (χ1v) is 9.74. The molecule has 0 aliphatic carbocycles. The molecular formula is C22H20F2N4O3. The van der Waals surface area contributed by atoms with Gasteiger partial charge in [-0.3, -0.25) is 9.59 Å². The number of nitrogens with one attached hydrogen (secondary N) is 1. The van der Waals surface area contributed by atoms with E-state index in [4.69, 9.17) is 4.42 Å². The number of benzene rings is 1. The summed E-state index contributed by atoms with van der Waals surface area (Å²) in [6, 6.07) is 9.09. The first-order valence-electron chi connectivity index (χ1n) is 9.74. The second kappa shape index (κ2) is 8.55. The van der Waals surface area contributed by atoms with Gasteiger partial charge in [0.2, 0.25) is 0 Å². The molecule has 0 radical (unpaired) electrons. The third-order valence-corrected chi connectivity index (χ3v) is 5.14. The minimum atomic E-state index is -0.857. The average Bonchev–Trinajstić information content (AvgIpc) is 3.32. The molecule has 0 spiro atoms. The first-order chi connectivity index (χ1) is 14.9. The SMILES string of the molecule is Cc1ccc(F)c(C(=O)N2CCN(c3ccc(NC(=O)c4ccco4)cn3)CC2)c1F. The lowest BCUT2D eigenvalue weighted by Gasteiger charge is -2.35. The number of nitrogens with zero attached hydrogens (tertiary/aromatic N) is 3. The van der Waals surface area contributed by atoms with Gasteiger partial charge in [-0.15, -0.1) is 0 Å². The molecule has 31 heavy (non-hydrogen) atoms. The van der Waals surface area contributed by atoms with Crippen LogP contribution in [0.25, 0.3) is 0 Å². The zero-order chi connectivity index (χ0) is 22.0. The molecule has 4 rings (SSSR count). The van der Waals surface area contributed by atoms with E-state index in [2.05, 4.69) is 10.3 Å². The number of furan rings is 1. The number of carbonyl (C=O) groups is 2. The van der Waals surface area contributed by atoms with E-state index in [1.54, 1.807) is 24.3 Å². The van der Waals surface area contributed by atoms with Crippen molar-refractivity contribution in [2.45, 2.75) is 6.92 Å². The number of amides is 2. The van der Waals surface area contributed by atoms with Gasteiger partial charge in [0.15, 0.2) is 5.76 Å². The fourth-order valence-corrected chi connectivity index (χ4v) is 3.40. The van der Waals surface area contributed by atoms with Crippen LogP contribution in [0.2, 0.25) is 0 Å². The van der Waals surface area contributed by atoms with Crippen molar-refractivity contribution in [3.05, 3.63) is 77.4 Å². The smallest absolute Gasteiger partial charge is 0.291 e. The van der Waals surface area contributed by atoms with Crippen molar-refractivity contribution in [3.8, 4) is 0 Å². The van der Waals surface area contributed by atoms with Gasteiger partial charge < -0.3 is 19.5 Å². The Hall–Kier alpha value is -3.75. The quantitative estimate of drug-likeness (QED) is 0.691. The molecule has 3 heterocycles. The van der Waals surface area contributed by atoms with Crippen LogP contribution in [0, 0.1) is 18.6 Å². The lowest BCUT2D eigenvalue weighted by Crippen LogP contribution is -2.49. The molecule has 3 aromatic rings. The second-order valence-corrected chi connectivity index (χ2v) is 7.17. The third-order valence-electron chi connectivity index (χ3n) is 5.14. The van der Waals surface area contributed by atoms with Crippen molar-refractivity contribution in [2.75, 3.05) is 36.4 Å². The molecule has 1 aromatic carbocycles. The number of aryl methyl sites for hydroxylation is 1. The Bertz CT molecular complexity index is 1090. The summed E-state index contributed by atoms with van der Waals surface area (Å²) in [7, 11) is 0. The van der Waals surface area contributed by atoms with E-state index >= 15 is 0 Å². The highest BCUT2D eigenvalue weighted by atomic mass is 19.1. The fourth-order valence-electron chi connectivity index (χ4n) is 3.40. The summed E-state index contributed by atoms with van der Waals surface area (Å²) in [5.41, 5.74) is 0.236. The zero-order valence-corrected chi connectivity index (χ0v) is 16.8. The minimum Gasteiger partial charge on any atom is -0.459 e. The predicted molar refractivity (Wildman–Crippen MR) is 110 cm³/mol. The van der Waals surface area contributed by atoms with E-state index in [0.29, 0.717) is 37.7 Å². The fraction of sp³-hybridized carbons (Fsp3) is 0.227. The van der Waals surface area contributed by atoms with Crippen molar-refractivity contribution in [2.24, 2.45) is 0 Å². The summed E-state index contributed by atoms with van der Waals surface area (Å²) < 4.78 is 33.4. The van der Waals surface area contributed by atoms with E-state index < -0.39 is 23.1 Å². The molecule has 1 saturated heterocycles. The van der Waals surface area contributed by atoms with E-state index in [1.807, 2.05) is 4.90 Å². The standard InChI is InChI=1S/C22H20F2N4O3/c1-14-4-6-16(23)19(20(14)24)22(30)28-10-8-27(9-11-28)18-7-5-15(13-25-18)26-21(29)17-3-2-12-31-17/h2-7,12-13H,8-11H2,1H3,(H,26,29). The Balaban J connectivity index is 1.37. The highest BCUT2D eigenvalue weighted by Gasteiger charge is 2.27. The number of carbonyl (C=O) groups excluding carboxylic acids is 2. The molecule has 0 unspecified atom stereocenters. The highest BCUT2D eigenvalue weighted by Crippen LogP contribution is 2.21. The third kappa shape index (κ3) is 4.25. The lowest BCUT2D eigenvalue weighted by molar-refractivity contribution is 0.0736. The molecule has 1 fully saturated rings. The largest absolute Gasteiger partial charge is 0.459 e. The summed E-state index contributed by atoms with van der Waals surface area (Å²) in [4.78, 5) is 32.4. The molecule has 7 nitrogen and oxygen atoms in total. The molecule has 1 aliphatic heterocycles. The maximum atomic E-state index is 14.3. The zero-order valence-electron chi connectivity index (χ0n) is 16.8. The molecule has 2 amide bonds. The maximum absolute atomic E-state index is 14.3. The molecule has 1 N–H and O–H groups in total. The van der Waals surface area contributed by atoms with E-state index in [0.717, 1.165) is 6.07 Å². The van der Waals surface area contributed by atoms with Gasteiger partial charge in [-0.05, 0) is 42.8 Å². The van der Waals surface area contributed by atoms with Gasteiger partial charge in [-0.25, -0.2) is 13.8 Å². The van der Waals surface area contributed by atoms with Gasteiger partial charge >= 0.3 is 0 Å². The topological polar surface area (TPSA) is 78.7 Å². The van der Waals surface area contributed by atoms with Crippen molar-refractivity contribution >= 4 is 23.3 Å². The number of hydrogen-bond donors (Lipinski definition) is 1. The van der Waals surface area contributed by atoms with Crippen LogP contribution in [-0.4, -0.2) is 47.9 Å². The monoisotopic (exact) mass is 426 g/mol. The number of aromatic nitrogens is 1. The molecule has 1 aliphatic rings. The molecule has 0 saturated carbocycles. The van der Waals surface area contributed by atoms with Gasteiger partial charge in [-0.1, -0.05) is 6.07 Å². The van der Waals surface area contributed by atoms with Crippen LogP contribution in [-0.2, 0) is 0 Å². The number of pyridine rings is 1. The Morgan fingerprint density at radius 1 is 1.06 bits per heavy atom. The minimum absolute atomic E-state index is 0.200. The van der Waals surface area contributed by atoms with E-state index in [1.165, 1.54) is 30.4 Å². The van der Waals surface area contributed by atoms with Gasteiger partial charge in [-0.2, -0.15) is 0 Å². The van der Waals surface area contributed by atoms with Crippen LogP contribution in [0.1, 0.15) is 26.5 Å². The molecular weight excluding hydrogens is 406 g/mol. The van der Waals surface area contributed by atoms with Gasteiger partial charge in [0.25, 0.3) is 11.8 Å². The molecule has 2 aromatic heterocycles. The normalized spacial score (nSPS) is 13.9. The lowest BCUT2D eigenvalue weighted by atomic mass is 10.1. The number of hydrogen-bond acceptors (Lipinski definition) is 5. The Labute approximate surface area is 177 Å². The van der Waals surface area contributed by atoms with Crippen LogP contribution in [0.4, 0.5) is 20.3 Å². The van der Waals surface area contributed by atoms with Gasteiger partial charge in [0, 0.05) is 26.2 Å². The summed E-state index contributed by atoms with van der Waals surface area (Å²) in [6.45, 7) is 3.04. The Kier molecular flexibility index (Phi) is 5.66. The molecule has 0 bridgehead atoms. The molecule has 9 heteroatoms. The maximum Gasteiger partial charge on any atom is 0.291 e. The van der Waals surface area contributed by atoms with Crippen LogP contribution in [0.5, 0.6) is 0 Å². The van der Waals surface area contributed by atoms with Crippen LogP contribution in [0.15, 0.2) is 53.3 Å². The van der Waals surface area contributed by atoms with Crippen molar-refractivity contribution in [1.82, 2.24) is 9.88 Å². The molecule has 0 atom stereocenters. The van der Waals surface area contributed by atoms with Crippen LogP contribution < -0.4 is 10.2 Å². The van der Waals surface area contributed by atoms with E-state index in [9.17, 15) is 18.4 Å². The van der Waals surface area contributed by atoms with Crippen molar-refractivity contribution < 1.29 is 22.8 Å². The summed E-state index contributed by atoms with van der Waals surface area (Å²) in [5.74, 6) is -1.82. The number of rotatable bonds is 4. The second-order valence-electron chi connectivity index (χ2n) is 7.17.